The van der Waals surface area contributed by atoms with E-state index in [1.54, 1.807) is 13.2 Å². The Kier molecular flexibility index (Phi) is 10.2. The molecule has 0 aromatic heterocycles. The molecule has 0 spiro atoms. The molecule has 0 aliphatic carbocycles. The van der Waals surface area contributed by atoms with Gasteiger partial charge in [-0.2, -0.15) is 30.2 Å². The normalized spacial score (nSPS) is 9.46. The Morgan fingerprint density at radius 1 is 0.808 bits per heavy atom. The third-order valence-electron chi connectivity index (χ3n) is 3.29. The van der Waals surface area contributed by atoms with E-state index < -0.39 is 0 Å². The van der Waals surface area contributed by atoms with E-state index in [4.69, 9.17) is 0 Å². The molecule has 128 valence electrons. The van der Waals surface area contributed by atoms with Gasteiger partial charge in [0.15, 0.2) is 9.79 Å². The van der Waals surface area contributed by atoms with Gasteiger partial charge in [0, 0.05) is 0 Å². The van der Waals surface area contributed by atoms with Gasteiger partial charge in [0.05, 0.1) is 10.9 Å². The molecular weight excluding hydrogens is 562 g/mol. The molecule has 0 aliphatic rings. The zero-order valence-electron chi connectivity index (χ0n) is 14.8. The van der Waals surface area contributed by atoms with E-state index in [9.17, 15) is 4.79 Å². The molecule has 0 heterocycles. The van der Waals surface area contributed by atoms with Crippen molar-refractivity contribution >= 4 is 17.2 Å². The zero-order valence-corrected chi connectivity index (χ0v) is 19.8. The van der Waals surface area contributed by atoms with Crippen LogP contribution >= 0.6 is 0 Å². The van der Waals surface area contributed by atoms with E-state index in [1.807, 2.05) is 0 Å². The molecule has 3 heteroatoms. The van der Waals surface area contributed by atoms with Gasteiger partial charge in [-0.3, -0.25) is 0 Å². The van der Waals surface area contributed by atoms with Gasteiger partial charge in [-0.1, -0.05) is 55.5 Å². The van der Waals surface area contributed by atoms with E-state index >= 15 is 0 Å². The predicted molar refractivity (Wildman–Crippen MR) is 106 cm³/mol. The van der Waals surface area contributed by atoms with Crippen LogP contribution in [0.5, 0.6) is 0 Å². The molecule has 0 fully saturated rings. The van der Waals surface area contributed by atoms with Gasteiger partial charge < -0.3 is 4.79 Å². The van der Waals surface area contributed by atoms with Crippen LogP contribution in [0.3, 0.4) is 0 Å². The maximum Gasteiger partial charge on any atom is 2.00 e. The van der Waals surface area contributed by atoms with Crippen LogP contribution in [0.15, 0.2) is 112 Å². The van der Waals surface area contributed by atoms with Gasteiger partial charge in [0.2, 0.25) is 0 Å². The van der Waals surface area contributed by atoms with Crippen molar-refractivity contribution < 1.29 is 35.9 Å². The van der Waals surface area contributed by atoms with E-state index in [0.717, 1.165) is 5.56 Å². The molecule has 0 amide bonds. The Morgan fingerprint density at radius 2 is 1.15 bits per heavy atom. The van der Waals surface area contributed by atoms with Crippen molar-refractivity contribution in [2.24, 2.45) is 0 Å². The average molecular weight is 584 g/mol. The van der Waals surface area contributed by atoms with Gasteiger partial charge in [-0.25, -0.2) is 6.58 Å². The fourth-order valence-electron chi connectivity index (χ4n) is 2.15. The SMILES string of the molecule is C=C(C)[C-]=O.[CH2-]c1ccc([S+](c2ccccc2)c2ccccc2)cc1.[U+2]. The van der Waals surface area contributed by atoms with Crippen LogP contribution in [-0.2, 0) is 15.7 Å². The summed E-state index contributed by atoms with van der Waals surface area (Å²) in [6, 6.07) is 29.9. The fraction of sp³-hybridized carbons (Fsp3) is 0.0435. The first-order valence-electron chi connectivity index (χ1n) is 7.92. The van der Waals surface area contributed by atoms with Crippen molar-refractivity contribution in [2.45, 2.75) is 21.6 Å². The largest absolute Gasteiger partial charge is 2.00 e. The van der Waals surface area contributed by atoms with Gasteiger partial charge in [0.1, 0.15) is 4.90 Å². The molecule has 3 aromatic rings. The summed E-state index contributed by atoms with van der Waals surface area (Å²) < 4.78 is 0. The first kappa shape index (κ1) is 22.4. The van der Waals surface area contributed by atoms with Crippen LogP contribution in [0.25, 0.3) is 0 Å². The van der Waals surface area contributed by atoms with Crippen LogP contribution in [0.4, 0.5) is 0 Å². The van der Waals surface area contributed by atoms with Crippen LogP contribution in [0.1, 0.15) is 12.5 Å². The summed E-state index contributed by atoms with van der Waals surface area (Å²) in [6.45, 7) is 8.82. The van der Waals surface area contributed by atoms with Crippen LogP contribution in [0, 0.1) is 38.0 Å². The monoisotopic (exact) mass is 583 g/mol. The standard InChI is InChI=1S/C19H16S.C4H5O.U/c1-16-12-14-19(15-13-16)20(17-8-4-2-5-9-17)18-10-6-3-7-11-18;1-4(2)3-5;/h2-15H,1H2;1H2,2H3;/q;-1;+2. The molecule has 0 saturated carbocycles. The summed E-state index contributed by atoms with van der Waals surface area (Å²) in [4.78, 5) is 13.3. The van der Waals surface area contributed by atoms with E-state index in [-0.39, 0.29) is 42.0 Å². The molecule has 0 saturated heterocycles. The van der Waals surface area contributed by atoms with E-state index in [0.29, 0.717) is 5.57 Å². The Labute approximate surface area is 183 Å². The molecule has 3 rings (SSSR count). The first-order chi connectivity index (χ1) is 12.1. The summed E-state index contributed by atoms with van der Waals surface area (Å²) in [6.07, 6.45) is 1.58. The Hall–Kier alpha value is -1.66. The van der Waals surface area contributed by atoms with Crippen molar-refractivity contribution in [1.82, 2.24) is 0 Å². The van der Waals surface area contributed by atoms with Gasteiger partial charge in [0.25, 0.3) is 0 Å². The Bertz CT molecular complexity index is 759. The van der Waals surface area contributed by atoms with Crippen molar-refractivity contribution in [2.75, 3.05) is 0 Å². The first-order valence-corrected chi connectivity index (χ1v) is 9.14. The molecule has 0 radical (unpaired) electrons. The van der Waals surface area contributed by atoms with Crippen LogP contribution < -0.4 is 0 Å². The number of hydrogen-bond acceptors (Lipinski definition) is 1. The maximum atomic E-state index is 9.28. The van der Waals surface area contributed by atoms with Crippen molar-refractivity contribution in [3.05, 3.63) is 110 Å². The summed E-state index contributed by atoms with van der Waals surface area (Å²) in [5.41, 5.74) is 1.50. The molecule has 0 unspecified atom stereocenters. The molecule has 1 nitrogen and oxygen atoms in total. The molecule has 3 aromatic carbocycles. The molecule has 0 atom stereocenters. The molecular formula is C23H21OSU+. The van der Waals surface area contributed by atoms with E-state index in [2.05, 4.69) is 98.4 Å². The molecule has 0 N–H and O–H groups in total. The summed E-state index contributed by atoms with van der Waals surface area (Å²) in [5, 5.41) is 0. The molecule has 0 bridgehead atoms. The van der Waals surface area contributed by atoms with E-state index in [1.165, 1.54) is 14.7 Å². The molecule has 26 heavy (non-hydrogen) atoms. The third kappa shape index (κ3) is 6.92. The van der Waals surface area contributed by atoms with Gasteiger partial charge >= 0.3 is 31.1 Å². The van der Waals surface area contributed by atoms with Crippen molar-refractivity contribution in [3.8, 4) is 0 Å². The van der Waals surface area contributed by atoms with Crippen molar-refractivity contribution in [1.29, 1.82) is 0 Å². The zero-order chi connectivity index (χ0) is 18.1. The van der Waals surface area contributed by atoms with Gasteiger partial charge in [-0.15, -0.1) is 0 Å². The average Bonchev–Trinajstić information content (AvgIpc) is 2.66. The van der Waals surface area contributed by atoms with Gasteiger partial charge in [-0.05, 0) is 30.6 Å². The third-order valence-corrected chi connectivity index (χ3v) is 5.52. The summed E-state index contributed by atoms with van der Waals surface area (Å²) in [7, 11) is -0.0507. The molecule has 0 aliphatic heterocycles. The summed E-state index contributed by atoms with van der Waals surface area (Å²) in [5.74, 6) is 0. The number of benzene rings is 3. The quantitative estimate of drug-likeness (QED) is 0.221. The minimum Gasteiger partial charge on any atom is -0.419 e. The smallest absolute Gasteiger partial charge is 0.419 e. The number of carbonyl (C=O) groups excluding carboxylic acids is 1. The maximum absolute atomic E-state index is 9.28. The van der Waals surface area contributed by atoms with Crippen LogP contribution in [-0.4, -0.2) is 6.29 Å². The minimum atomic E-state index is -0.0507. The number of allylic oxidation sites excluding steroid dienone is 1. The second-order valence-corrected chi connectivity index (χ2v) is 7.49. The minimum absolute atomic E-state index is 0. The number of rotatable bonds is 4. The number of hydrogen-bond donors (Lipinski definition) is 0. The Balaban J connectivity index is 0.000000501. The van der Waals surface area contributed by atoms with Crippen LogP contribution in [0.2, 0.25) is 0 Å². The second-order valence-electron chi connectivity index (χ2n) is 5.46. The second kappa shape index (κ2) is 11.9. The summed E-state index contributed by atoms with van der Waals surface area (Å²) >= 11 is 0. The topological polar surface area (TPSA) is 17.1 Å². The fourth-order valence-corrected chi connectivity index (χ4v) is 4.23. The Morgan fingerprint density at radius 3 is 1.50 bits per heavy atom. The predicted octanol–water partition coefficient (Wildman–Crippen LogP) is 5.64. The van der Waals surface area contributed by atoms with Crippen molar-refractivity contribution in [3.63, 3.8) is 0 Å².